The zero-order chi connectivity index (χ0) is 12.5. The molecular weight excluding hydrogens is 284 g/mol. The number of aromatic nitrogens is 2. The molecule has 2 aromatic heterocycles. The van der Waals surface area contributed by atoms with E-state index in [-0.39, 0.29) is 20.0 Å². The molecule has 0 bridgehead atoms. The lowest BCUT2D eigenvalue weighted by Gasteiger charge is -2.01. The molecule has 0 aliphatic rings. The molecule has 0 aliphatic heterocycles. The molecule has 5 nitrogen and oxygen atoms in total. The molecule has 0 fully saturated rings. The predicted octanol–water partition coefficient (Wildman–Crippen LogP) is 1.84. The van der Waals surface area contributed by atoms with Crippen LogP contribution < -0.4 is 0 Å². The number of aldehydes is 1. The highest BCUT2D eigenvalue weighted by molar-refractivity contribution is 7.91. The van der Waals surface area contributed by atoms with Crippen molar-refractivity contribution in [2.24, 2.45) is 0 Å². The van der Waals surface area contributed by atoms with Gasteiger partial charge in [-0.3, -0.25) is 4.79 Å². The van der Waals surface area contributed by atoms with Crippen LogP contribution in [0.2, 0.25) is 5.15 Å². The second-order valence-electron chi connectivity index (χ2n) is 2.96. The monoisotopic (exact) mass is 288 g/mol. The van der Waals surface area contributed by atoms with Gasteiger partial charge in [0.1, 0.15) is 9.77 Å². The summed E-state index contributed by atoms with van der Waals surface area (Å²) >= 11 is 6.43. The van der Waals surface area contributed by atoms with Crippen molar-refractivity contribution in [3.8, 4) is 0 Å². The molecule has 0 saturated carbocycles. The molecular formula is C9H5ClN2O3S2. The van der Waals surface area contributed by atoms with Gasteiger partial charge in [0.05, 0.1) is 0 Å². The van der Waals surface area contributed by atoms with Gasteiger partial charge in [0.15, 0.2) is 16.5 Å². The number of halogens is 1. The zero-order valence-electron chi connectivity index (χ0n) is 8.20. The van der Waals surface area contributed by atoms with Gasteiger partial charge in [0, 0.05) is 6.20 Å². The summed E-state index contributed by atoms with van der Waals surface area (Å²) in [6, 6.07) is 4.46. The van der Waals surface area contributed by atoms with Crippen LogP contribution in [0.1, 0.15) is 9.67 Å². The summed E-state index contributed by atoms with van der Waals surface area (Å²) in [5.41, 5.74) is 0. The first-order valence-corrected chi connectivity index (χ1v) is 6.97. The van der Waals surface area contributed by atoms with Crippen molar-refractivity contribution in [2.45, 2.75) is 9.92 Å². The normalized spacial score (nSPS) is 11.4. The van der Waals surface area contributed by atoms with Crippen LogP contribution in [0.15, 0.2) is 34.3 Å². The Morgan fingerprint density at radius 1 is 1.35 bits per heavy atom. The largest absolute Gasteiger partial charge is 0.297 e. The Kier molecular flexibility index (Phi) is 3.23. The SMILES string of the molecule is O=Cc1snc(Cl)c1S(=O)(=O)c1ccccn1. The maximum Gasteiger partial charge on any atom is 0.228 e. The number of carbonyl (C=O) groups is 1. The Balaban J connectivity index is 2.68. The van der Waals surface area contributed by atoms with Crippen LogP contribution in [0, 0.1) is 0 Å². The summed E-state index contributed by atoms with van der Waals surface area (Å²) in [6.07, 6.45) is 1.76. The van der Waals surface area contributed by atoms with Crippen molar-refractivity contribution in [1.29, 1.82) is 0 Å². The van der Waals surface area contributed by atoms with E-state index in [0.29, 0.717) is 6.29 Å². The summed E-state index contributed by atoms with van der Waals surface area (Å²) in [5.74, 6) is 0. The summed E-state index contributed by atoms with van der Waals surface area (Å²) in [4.78, 5) is 14.2. The van der Waals surface area contributed by atoms with Crippen LogP contribution >= 0.6 is 23.1 Å². The Bertz CT molecular complexity index is 652. The predicted molar refractivity (Wildman–Crippen MR) is 62.2 cm³/mol. The van der Waals surface area contributed by atoms with Crippen molar-refractivity contribution < 1.29 is 13.2 Å². The van der Waals surface area contributed by atoms with Gasteiger partial charge in [-0.15, -0.1) is 0 Å². The van der Waals surface area contributed by atoms with Crippen molar-refractivity contribution in [3.05, 3.63) is 34.4 Å². The molecule has 0 saturated heterocycles. The molecule has 2 heterocycles. The number of nitrogens with zero attached hydrogens (tertiary/aromatic N) is 2. The van der Waals surface area contributed by atoms with E-state index in [1.807, 2.05) is 0 Å². The van der Waals surface area contributed by atoms with Crippen LogP contribution in [0.5, 0.6) is 0 Å². The first-order chi connectivity index (χ1) is 8.07. The lowest BCUT2D eigenvalue weighted by Crippen LogP contribution is -2.05. The van der Waals surface area contributed by atoms with Crippen LogP contribution in [0.3, 0.4) is 0 Å². The first kappa shape index (κ1) is 12.2. The molecule has 2 rings (SSSR count). The molecule has 17 heavy (non-hydrogen) atoms. The van der Waals surface area contributed by atoms with E-state index >= 15 is 0 Å². The highest BCUT2D eigenvalue weighted by atomic mass is 35.5. The topological polar surface area (TPSA) is 77.0 Å². The van der Waals surface area contributed by atoms with Crippen molar-refractivity contribution in [3.63, 3.8) is 0 Å². The summed E-state index contributed by atoms with van der Waals surface area (Å²) in [5, 5.41) is -0.368. The lowest BCUT2D eigenvalue weighted by atomic mass is 10.5. The molecule has 0 aromatic carbocycles. The third-order valence-corrected chi connectivity index (χ3v) is 5.05. The zero-order valence-corrected chi connectivity index (χ0v) is 10.6. The summed E-state index contributed by atoms with van der Waals surface area (Å²) < 4.78 is 28.0. The molecule has 0 unspecified atom stereocenters. The Morgan fingerprint density at radius 2 is 2.12 bits per heavy atom. The van der Waals surface area contributed by atoms with E-state index in [9.17, 15) is 13.2 Å². The highest BCUT2D eigenvalue weighted by Gasteiger charge is 2.28. The van der Waals surface area contributed by atoms with Gasteiger partial charge in [-0.25, -0.2) is 13.4 Å². The minimum Gasteiger partial charge on any atom is -0.297 e. The van der Waals surface area contributed by atoms with Crippen molar-refractivity contribution >= 4 is 39.3 Å². The molecule has 0 spiro atoms. The number of rotatable bonds is 3. The second kappa shape index (κ2) is 4.52. The van der Waals surface area contributed by atoms with Crippen LogP contribution in [0.25, 0.3) is 0 Å². The molecule has 0 amide bonds. The molecule has 0 aliphatic carbocycles. The number of carbonyl (C=O) groups excluding carboxylic acids is 1. The van der Waals surface area contributed by atoms with Gasteiger partial charge in [-0.1, -0.05) is 17.7 Å². The van der Waals surface area contributed by atoms with Gasteiger partial charge in [0.25, 0.3) is 0 Å². The number of hydrogen-bond acceptors (Lipinski definition) is 6. The van der Waals surface area contributed by atoms with E-state index in [1.54, 1.807) is 6.07 Å². The van der Waals surface area contributed by atoms with Gasteiger partial charge in [0.2, 0.25) is 9.84 Å². The first-order valence-electron chi connectivity index (χ1n) is 4.34. The fourth-order valence-electron chi connectivity index (χ4n) is 1.20. The average molecular weight is 289 g/mol. The van der Waals surface area contributed by atoms with Crippen LogP contribution in [-0.4, -0.2) is 24.1 Å². The standard InChI is InChI=1S/C9H5ClN2O3S2/c10-9-8(6(5-13)16-12-9)17(14,15)7-3-1-2-4-11-7/h1-5H. The maximum atomic E-state index is 12.2. The van der Waals surface area contributed by atoms with E-state index in [4.69, 9.17) is 11.6 Å². The smallest absolute Gasteiger partial charge is 0.228 e. The van der Waals surface area contributed by atoms with Crippen LogP contribution in [-0.2, 0) is 9.84 Å². The van der Waals surface area contributed by atoms with E-state index < -0.39 is 9.84 Å². The van der Waals surface area contributed by atoms with Crippen molar-refractivity contribution in [2.75, 3.05) is 0 Å². The minimum absolute atomic E-state index is 0.0272. The van der Waals surface area contributed by atoms with E-state index in [0.717, 1.165) is 11.5 Å². The molecule has 2 aromatic rings. The third kappa shape index (κ3) is 2.08. The van der Waals surface area contributed by atoms with Crippen molar-refractivity contribution in [1.82, 2.24) is 9.36 Å². The molecule has 0 N–H and O–H groups in total. The summed E-state index contributed by atoms with van der Waals surface area (Å²) in [6.45, 7) is 0. The molecule has 0 radical (unpaired) electrons. The Morgan fingerprint density at radius 3 is 2.71 bits per heavy atom. The maximum absolute atomic E-state index is 12.2. The Hall–Kier alpha value is -1.31. The third-order valence-electron chi connectivity index (χ3n) is 1.92. The van der Waals surface area contributed by atoms with E-state index in [2.05, 4.69) is 9.36 Å². The number of hydrogen-bond donors (Lipinski definition) is 0. The van der Waals surface area contributed by atoms with Gasteiger partial charge < -0.3 is 0 Å². The van der Waals surface area contributed by atoms with Crippen LogP contribution in [0.4, 0.5) is 0 Å². The molecule has 0 atom stereocenters. The fourth-order valence-corrected chi connectivity index (χ4v) is 4.01. The molecule has 8 heteroatoms. The number of sulfone groups is 1. The average Bonchev–Trinajstić information content (AvgIpc) is 2.72. The minimum atomic E-state index is -3.90. The lowest BCUT2D eigenvalue weighted by molar-refractivity contribution is 0.112. The molecule has 88 valence electrons. The van der Waals surface area contributed by atoms with Gasteiger partial charge in [-0.05, 0) is 23.7 Å². The second-order valence-corrected chi connectivity index (χ2v) is 5.95. The van der Waals surface area contributed by atoms with E-state index in [1.165, 1.54) is 18.3 Å². The van der Waals surface area contributed by atoms with Gasteiger partial charge in [-0.2, -0.15) is 4.37 Å². The van der Waals surface area contributed by atoms with Gasteiger partial charge >= 0.3 is 0 Å². The quantitative estimate of drug-likeness (QED) is 0.805. The Labute approximate surface area is 106 Å². The number of pyridine rings is 1. The summed E-state index contributed by atoms with van der Waals surface area (Å²) in [7, 11) is -3.90. The highest BCUT2D eigenvalue weighted by Crippen LogP contribution is 2.30. The fraction of sp³-hybridized carbons (Fsp3) is 0.